The Labute approximate surface area is 279 Å². The zero-order chi connectivity index (χ0) is 31.0. The van der Waals surface area contributed by atoms with Crippen LogP contribution in [-0.4, -0.2) is 15.9 Å². The van der Waals surface area contributed by atoms with Crippen molar-refractivity contribution in [2.45, 2.75) is 60.3 Å². The van der Waals surface area contributed by atoms with E-state index in [0.29, 0.717) is 0 Å². The van der Waals surface area contributed by atoms with Crippen molar-refractivity contribution in [2.24, 2.45) is 11.8 Å². The zero-order valence-electron chi connectivity index (χ0n) is 26.7. The number of carbonyl (C=O) groups is 1. The standard InChI is InChI=1S/C28H16N.C13H24O2.Ir/c1-16-18-8-3-2-7-17(18)15-24-25(16)23-12-6-11-21-19-9-4-5-10-20(19)22-13-14-29-28(24)27(22)26(21)23;1-5-10(6-2)12(14)9-13(15)11(7-3)8-4;/h2-14H,1H3;9-11,14H,5-8H2,1-4H3;/q-1;;/b;12-9-;. The molecule has 0 saturated carbocycles. The van der Waals surface area contributed by atoms with Gasteiger partial charge in [-0.3, -0.25) is 9.78 Å². The fourth-order valence-corrected chi connectivity index (χ4v) is 7.07. The van der Waals surface area contributed by atoms with E-state index in [1.807, 2.05) is 33.9 Å². The van der Waals surface area contributed by atoms with Crippen molar-refractivity contribution >= 4 is 70.5 Å². The van der Waals surface area contributed by atoms with Gasteiger partial charge in [-0.05, 0) is 69.5 Å². The first kappa shape index (κ1) is 32.5. The van der Waals surface area contributed by atoms with Gasteiger partial charge in [-0.1, -0.05) is 111 Å². The first-order valence-electron chi connectivity index (χ1n) is 16.0. The number of hydrogen-bond donors (Lipinski definition) is 1. The number of ketones is 1. The minimum Gasteiger partial charge on any atom is -0.512 e. The molecule has 0 atom stereocenters. The molecule has 231 valence electrons. The molecule has 1 N–H and O–H groups in total. The molecule has 0 saturated heterocycles. The minimum absolute atomic E-state index is 0. The number of hydrogen-bond acceptors (Lipinski definition) is 3. The summed E-state index contributed by atoms with van der Waals surface area (Å²) in [5, 5.41) is 23.6. The molecule has 1 heterocycles. The minimum atomic E-state index is 0. The van der Waals surface area contributed by atoms with Gasteiger partial charge >= 0.3 is 0 Å². The summed E-state index contributed by atoms with van der Waals surface area (Å²) in [6.07, 6.45) is 6.86. The Kier molecular flexibility index (Phi) is 9.87. The van der Waals surface area contributed by atoms with Crippen LogP contribution in [0.1, 0.15) is 58.9 Å². The summed E-state index contributed by atoms with van der Waals surface area (Å²) in [7, 11) is 0. The molecular weight excluding hydrogens is 731 g/mol. The molecule has 6 aromatic carbocycles. The van der Waals surface area contributed by atoms with Crippen LogP contribution >= 0.6 is 0 Å². The molecule has 0 aliphatic carbocycles. The first-order valence-corrected chi connectivity index (χ1v) is 16.0. The third-order valence-electron chi connectivity index (χ3n) is 9.58. The van der Waals surface area contributed by atoms with Gasteiger partial charge in [-0.2, -0.15) is 0 Å². The maximum absolute atomic E-state index is 11.7. The quantitative estimate of drug-likeness (QED) is 0.0577. The number of allylic oxidation sites excluding steroid dienone is 2. The van der Waals surface area contributed by atoms with Gasteiger partial charge in [0.2, 0.25) is 0 Å². The largest absolute Gasteiger partial charge is 0.512 e. The number of benzene rings is 6. The van der Waals surface area contributed by atoms with Crippen molar-refractivity contribution in [3.8, 4) is 0 Å². The monoisotopic (exact) mass is 771 g/mol. The molecule has 1 aromatic heterocycles. The number of fused-ring (bicyclic) bond motifs is 7. The molecule has 45 heavy (non-hydrogen) atoms. The number of pyridine rings is 1. The molecule has 0 aliphatic heterocycles. The van der Waals surface area contributed by atoms with Gasteiger partial charge in [-0.25, -0.2) is 0 Å². The van der Waals surface area contributed by atoms with Crippen LogP contribution < -0.4 is 0 Å². The third-order valence-corrected chi connectivity index (χ3v) is 9.58. The smallest absolute Gasteiger partial charge is 0.162 e. The van der Waals surface area contributed by atoms with Crippen molar-refractivity contribution in [3.05, 3.63) is 102 Å². The van der Waals surface area contributed by atoms with Crippen LogP contribution in [0.25, 0.3) is 64.8 Å². The Bertz CT molecular complexity index is 2170. The predicted molar refractivity (Wildman–Crippen MR) is 188 cm³/mol. The summed E-state index contributed by atoms with van der Waals surface area (Å²) in [4.78, 5) is 16.6. The van der Waals surface area contributed by atoms with E-state index in [0.717, 1.165) is 42.0 Å². The Hall–Kier alpha value is -3.85. The zero-order valence-corrected chi connectivity index (χ0v) is 29.1. The maximum atomic E-state index is 11.7. The Balaban J connectivity index is 0.000000217. The van der Waals surface area contributed by atoms with E-state index in [-0.39, 0.29) is 43.5 Å². The molecule has 0 aliphatic rings. The van der Waals surface area contributed by atoms with Gasteiger partial charge in [-0.15, -0.1) is 23.1 Å². The van der Waals surface area contributed by atoms with Crippen LogP contribution in [0.4, 0.5) is 0 Å². The Morgan fingerprint density at radius 2 is 1.27 bits per heavy atom. The summed E-state index contributed by atoms with van der Waals surface area (Å²) in [6.45, 7) is 10.3. The van der Waals surface area contributed by atoms with Gasteiger partial charge in [0, 0.05) is 49.7 Å². The van der Waals surface area contributed by atoms with Crippen LogP contribution in [-0.2, 0) is 24.9 Å². The normalized spacial score (nSPS) is 12.1. The van der Waals surface area contributed by atoms with E-state index in [1.165, 1.54) is 60.1 Å². The Morgan fingerprint density at radius 1 is 0.711 bits per heavy atom. The average molecular weight is 771 g/mol. The summed E-state index contributed by atoms with van der Waals surface area (Å²) >= 11 is 0. The van der Waals surface area contributed by atoms with E-state index in [9.17, 15) is 9.90 Å². The van der Waals surface area contributed by atoms with Crippen LogP contribution in [0.5, 0.6) is 0 Å². The number of aromatic nitrogens is 1. The molecule has 0 fully saturated rings. The van der Waals surface area contributed by atoms with E-state index in [2.05, 4.69) is 85.8 Å². The second-order valence-corrected chi connectivity index (χ2v) is 11.9. The molecule has 3 nitrogen and oxygen atoms in total. The van der Waals surface area contributed by atoms with Crippen LogP contribution in [0.3, 0.4) is 0 Å². The maximum Gasteiger partial charge on any atom is 0.162 e. The number of nitrogens with zero attached hydrogens (tertiary/aromatic N) is 1. The van der Waals surface area contributed by atoms with Crippen molar-refractivity contribution in [1.29, 1.82) is 0 Å². The number of aliphatic hydroxyl groups is 1. The van der Waals surface area contributed by atoms with Gasteiger partial charge in [0.15, 0.2) is 5.78 Å². The fourth-order valence-electron chi connectivity index (χ4n) is 7.07. The Morgan fingerprint density at radius 3 is 1.91 bits per heavy atom. The van der Waals surface area contributed by atoms with E-state index >= 15 is 0 Å². The van der Waals surface area contributed by atoms with Gasteiger partial charge in [0.25, 0.3) is 0 Å². The predicted octanol–water partition coefficient (Wildman–Crippen LogP) is 11.4. The van der Waals surface area contributed by atoms with Crippen molar-refractivity contribution in [2.75, 3.05) is 0 Å². The topological polar surface area (TPSA) is 50.2 Å². The fraction of sp³-hybridized carbons (Fsp3) is 0.268. The average Bonchev–Trinajstić information content (AvgIpc) is 3.06. The molecule has 0 unspecified atom stereocenters. The van der Waals surface area contributed by atoms with E-state index in [1.54, 1.807) is 0 Å². The summed E-state index contributed by atoms with van der Waals surface area (Å²) in [5.74, 6) is 0.547. The van der Waals surface area contributed by atoms with Crippen molar-refractivity contribution < 1.29 is 30.0 Å². The number of carbonyl (C=O) groups excluding carboxylic acids is 1. The summed E-state index contributed by atoms with van der Waals surface area (Å²) in [6, 6.07) is 29.9. The number of rotatable bonds is 7. The second kappa shape index (κ2) is 13.6. The SMILES string of the molecule is CCC(CC)C(=O)/C=C(\O)C(CC)CC.Cc1c2ccccc2[c-]c2c3nccc4c5ccccc5c5cccc(c12)c5c43.[Ir]. The van der Waals surface area contributed by atoms with Crippen LogP contribution in [0, 0.1) is 24.8 Å². The van der Waals surface area contributed by atoms with Crippen molar-refractivity contribution in [3.63, 3.8) is 0 Å². The number of aliphatic hydroxyl groups excluding tert-OH is 1. The van der Waals surface area contributed by atoms with Gasteiger partial charge < -0.3 is 5.11 Å². The molecule has 0 amide bonds. The summed E-state index contributed by atoms with van der Waals surface area (Å²) < 4.78 is 0. The molecular formula is C41H40IrNO2-. The third kappa shape index (κ3) is 5.60. The molecule has 4 heteroatoms. The van der Waals surface area contributed by atoms with Crippen molar-refractivity contribution in [1.82, 2.24) is 4.98 Å². The van der Waals surface area contributed by atoms with Crippen LogP contribution in [0.2, 0.25) is 0 Å². The summed E-state index contributed by atoms with van der Waals surface area (Å²) in [5.41, 5.74) is 2.36. The number of aryl methyl sites for hydroxylation is 1. The first-order chi connectivity index (χ1) is 21.4. The molecule has 1 radical (unpaired) electrons. The second-order valence-electron chi connectivity index (χ2n) is 11.9. The molecule has 7 rings (SSSR count). The molecule has 0 bridgehead atoms. The van der Waals surface area contributed by atoms with Gasteiger partial charge in [0.1, 0.15) is 0 Å². The van der Waals surface area contributed by atoms with E-state index in [4.69, 9.17) is 4.98 Å². The van der Waals surface area contributed by atoms with E-state index < -0.39 is 0 Å². The molecule has 7 aromatic rings. The molecule has 0 spiro atoms. The van der Waals surface area contributed by atoms with Gasteiger partial charge in [0.05, 0.1) is 5.76 Å². The van der Waals surface area contributed by atoms with Crippen LogP contribution in [0.15, 0.2) is 90.8 Å².